The predicted molar refractivity (Wildman–Crippen MR) is 98.0 cm³/mol. The van der Waals surface area contributed by atoms with E-state index in [0.717, 1.165) is 27.3 Å². The second kappa shape index (κ2) is 6.93. The van der Waals surface area contributed by atoms with Gasteiger partial charge in [0.25, 0.3) is 0 Å². The van der Waals surface area contributed by atoms with Crippen LogP contribution in [0.4, 0.5) is 4.39 Å². The molecule has 0 N–H and O–H groups in total. The Morgan fingerprint density at radius 3 is 2.54 bits per heavy atom. The Balaban J connectivity index is 2.12. The molecular formula is C19H18FN3S. The minimum absolute atomic E-state index is 0.267. The molecular weight excluding hydrogens is 321 g/mol. The summed E-state index contributed by atoms with van der Waals surface area (Å²) in [6.45, 7) is 3.93. The van der Waals surface area contributed by atoms with E-state index < -0.39 is 0 Å². The Morgan fingerprint density at radius 2 is 1.88 bits per heavy atom. The minimum atomic E-state index is -0.267. The van der Waals surface area contributed by atoms with E-state index in [1.807, 2.05) is 23.0 Å². The lowest BCUT2D eigenvalue weighted by molar-refractivity contribution is 0.627. The number of aryl methyl sites for hydroxylation is 1. The zero-order valence-corrected chi connectivity index (χ0v) is 14.6. The fourth-order valence-electron chi connectivity index (χ4n) is 2.39. The van der Waals surface area contributed by atoms with Gasteiger partial charge in [0.05, 0.1) is 11.4 Å². The molecule has 0 radical (unpaired) electrons. The maximum atomic E-state index is 13.5. The zero-order valence-electron chi connectivity index (χ0n) is 13.8. The summed E-state index contributed by atoms with van der Waals surface area (Å²) >= 11 is 1.53. The fourth-order valence-corrected chi connectivity index (χ4v) is 3.19. The zero-order chi connectivity index (χ0) is 17.1. The summed E-state index contributed by atoms with van der Waals surface area (Å²) in [7, 11) is 1.74. The molecule has 0 fully saturated rings. The third kappa shape index (κ3) is 3.36. The molecule has 0 saturated heterocycles. The van der Waals surface area contributed by atoms with E-state index in [1.54, 1.807) is 13.1 Å². The minimum Gasteiger partial charge on any atom is -0.261 e. The van der Waals surface area contributed by atoms with E-state index in [4.69, 9.17) is 0 Å². The van der Waals surface area contributed by atoms with Crippen LogP contribution in [0.25, 0.3) is 11.3 Å². The Labute approximate surface area is 144 Å². The molecule has 0 amide bonds. The van der Waals surface area contributed by atoms with Crippen LogP contribution in [0.2, 0.25) is 0 Å². The average Bonchev–Trinajstić information content (AvgIpc) is 2.98. The monoisotopic (exact) mass is 339 g/mol. The number of halogens is 1. The van der Waals surface area contributed by atoms with Gasteiger partial charge in [0.2, 0.25) is 4.80 Å². The molecule has 0 saturated carbocycles. The second-order valence-electron chi connectivity index (χ2n) is 5.50. The lowest BCUT2D eigenvalue weighted by Gasteiger charge is -2.06. The number of benzene rings is 2. The first-order valence-corrected chi connectivity index (χ1v) is 8.48. The van der Waals surface area contributed by atoms with Crippen LogP contribution < -0.4 is 4.80 Å². The van der Waals surface area contributed by atoms with E-state index in [1.165, 1.54) is 29.0 Å². The van der Waals surface area contributed by atoms with Crippen LogP contribution in [-0.4, -0.2) is 17.4 Å². The lowest BCUT2D eigenvalue weighted by Crippen LogP contribution is -2.13. The van der Waals surface area contributed by atoms with E-state index in [-0.39, 0.29) is 5.82 Å². The molecule has 3 nitrogen and oxygen atoms in total. The highest BCUT2D eigenvalue weighted by Crippen LogP contribution is 2.21. The summed E-state index contributed by atoms with van der Waals surface area (Å²) in [5.74, 6) is -0.267. The molecule has 0 unspecified atom stereocenters. The molecule has 1 aromatic heterocycles. The van der Waals surface area contributed by atoms with Crippen molar-refractivity contribution < 1.29 is 4.39 Å². The van der Waals surface area contributed by atoms with Gasteiger partial charge in [-0.25, -0.2) is 9.07 Å². The highest BCUT2D eigenvalue weighted by molar-refractivity contribution is 7.07. The topological polar surface area (TPSA) is 29.6 Å². The number of hydrogen-bond donors (Lipinski definition) is 0. The first kappa shape index (κ1) is 16.3. The van der Waals surface area contributed by atoms with Crippen molar-refractivity contribution in [1.82, 2.24) is 4.68 Å². The van der Waals surface area contributed by atoms with Crippen molar-refractivity contribution in [2.24, 2.45) is 10.1 Å². The van der Waals surface area contributed by atoms with E-state index in [9.17, 15) is 4.39 Å². The van der Waals surface area contributed by atoms with E-state index in [0.29, 0.717) is 0 Å². The molecule has 24 heavy (non-hydrogen) atoms. The quantitative estimate of drug-likeness (QED) is 0.630. The van der Waals surface area contributed by atoms with Crippen molar-refractivity contribution in [2.45, 2.75) is 13.8 Å². The molecule has 0 aliphatic carbocycles. The first-order chi connectivity index (χ1) is 11.6. The van der Waals surface area contributed by atoms with Crippen molar-refractivity contribution in [1.29, 1.82) is 0 Å². The third-order valence-electron chi connectivity index (χ3n) is 3.72. The molecule has 5 heteroatoms. The van der Waals surface area contributed by atoms with E-state index >= 15 is 0 Å². The highest BCUT2D eigenvalue weighted by atomic mass is 32.1. The number of thiazole rings is 1. The first-order valence-electron chi connectivity index (χ1n) is 7.60. The van der Waals surface area contributed by atoms with Gasteiger partial charge < -0.3 is 0 Å². The number of rotatable bonds is 3. The van der Waals surface area contributed by atoms with Crippen LogP contribution in [0.15, 0.2) is 64.0 Å². The molecule has 0 aliphatic heterocycles. The molecule has 2 aromatic carbocycles. The molecule has 0 spiro atoms. The maximum Gasteiger partial charge on any atom is 0.205 e. The van der Waals surface area contributed by atoms with Crippen LogP contribution in [0.3, 0.4) is 0 Å². The van der Waals surface area contributed by atoms with Gasteiger partial charge in [-0.3, -0.25) is 4.99 Å². The SMILES string of the molecule is CN=c1scc(-c2ccc(C)cc2)n1N=C(C)c1cccc(F)c1. The Morgan fingerprint density at radius 1 is 1.12 bits per heavy atom. The second-order valence-corrected chi connectivity index (χ2v) is 6.34. The normalized spacial score (nSPS) is 12.7. The summed E-state index contributed by atoms with van der Waals surface area (Å²) in [5, 5.41) is 6.72. The molecule has 0 bridgehead atoms. The summed E-state index contributed by atoms with van der Waals surface area (Å²) < 4.78 is 15.3. The van der Waals surface area contributed by atoms with Gasteiger partial charge in [-0.2, -0.15) is 5.10 Å². The summed E-state index contributed by atoms with van der Waals surface area (Å²) in [5.41, 5.74) is 4.74. The summed E-state index contributed by atoms with van der Waals surface area (Å²) in [6.07, 6.45) is 0. The molecule has 122 valence electrons. The molecule has 1 heterocycles. The van der Waals surface area contributed by atoms with Gasteiger partial charge in [-0.15, -0.1) is 11.3 Å². The average molecular weight is 339 g/mol. The molecule has 3 rings (SSSR count). The van der Waals surface area contributed by atoms with Gasteiger partial charge in [0.15, 0.2) is 0 Å². The smallest absolute Gasteiger partial charge is 0.205 e. The van der Waals surface area contributed by atoms with Gasteiger partial charge in [0, 0.05) is 23.6 Å². The van der Waals surface area contributed by atoms with Crippen LogP contribution >= 0.6 is 11.3 Å². The lowest BCUT2D eigenvalue weighted by atomic mass is 10.1. The standard InChI is InChI=1S/C19H18FN3S/c1-13-7-9-15(10-8-13)18-12-24-19(21-3)23(18)22-14(2)16-5-4-6-17(20)11-16/h4-12H,1-3H3. The van der Waals surface area contributed by atoms with Crippen LogP contribution in [-0.2, 0) is 0 Å². The van der Waals surface area contributed by atoms with Crippen molar-refractivity contribution >= 4 is 17.0 Å². The van der Waals surface area contributed by atoms with Crippen molar-refractivity contribution in [2.75, 3.05) is 7.05 Å². The Bertz CT molecular complexity index is 949. The van der Waals surface area contributed by atoms with Gasteiger partial charge in [-0.1, -0.05) is 42.0 Å². The number of hydrogen-bond acceptors (Lipinski definition) is 3. The van der Waals surface area contributed by atoms with Crippen molar-refractivity contribution in [3.8, 4) is 11.3 Å². The molecule has 0 aliphatic rings. The fraction of sp³-hybridized carbons (Fsp3) is 0.158. The summed E-state index contributed by atoms with van der Waals surface area (Å²) in [4.78, 5) is 5.09. The van der Waals surface area contributed by atoms with Gasteiger partial charge in [-0.05, 0) is 26.0 Å². The predicted octanol–water partition coefficient (Wildman–Crippen LogP) is 4.47. The maximum absolute atomic E-state index is 13.5. The van der Waals surface area contributed by atoms with Crippen molar-refractivity contribution in [3.63, 3.8) is 0 Å². The third-order valence-corrected chi connectivity index (χ3v) is 4.62. The number of nitrogens with zero attached hydrogens (tertiary/aromatic N) is 3. The molecule has 0 atom stereocenters. The van der Waals surface area contributed by atoms with Crippen LogP contribution in [0.5, 0.6) is 0 Å². The highest BCUT2D eigenvalue weighted by Gasteiger charge is 2.08. The van der Waals surface area contributed by atoms with Crippen LogP contribution in [0, 0.1) is 12.7 Å². The van der Waals surface area contributed by atoms with Crippen molar-refractivity contribution in [3.05, 3.63) is 75.7 Å². The van der Waals surface area contributed by atoms with Gasteiger partial charge in [0.1, 0.15) is 5.82 Å². The summed E-state index contributed by atoms with van der Waals surface area (Å²) in [6, 6.07) is 14.7. The molecule has 3 aromatic rings. The van der Waals surface area contributed by atoms with E-state index in [2.05, 4.69) is 41.3 Å². The van der Waals surface area contributed by atoms with Gasteiger partial charge >= 0.3 is 0 Å². The Kier molecular flexibility index (Phi) is 4.71. The Hall–Kier alpha value is -2.53. The largest absolute Gasteiger partial charge is 0.261 e. The number of aromatic nitrogens is 1. The van der Waals surface area contributed by atoms with Crippen LogP contribution in [0.1, 0.15) is 18.1 Å².